The van der Waals surface area contributed by atoms with E-state index in [1.165, 1.54) is 10.4 Å². The van der Waals surface area contributed by atoms with Crippen molar-refractivity contribution in [3.05, 3.63) is 96.5 Å². The zero-order valence-electron chi connectivity index (χ0n) is 19.3. The average molecular weight is 453 g/mol. The first-order valence-corrected chi connectivity index (χ1v) is 19.1. The molecule has 2 atom stereocenters. The lowest BCUT2D eigenvalue weighted by Gasteiger charge is -2.42. The van der Waals surface area contributed by atoms with Crippen LogP contribution in [0, 0.1) is 0 Å². The molecule has 160 valence electrons. The molecule has 0 bridgehead atoms. The van der Waals surface area contributed by atoms with E-state index in [0.717, 1.165) is 5.75 Å². The van der Waals surface area contributed by atoms with Crippen LogP contribution < -0.4 is 9.61 Å². The second kappa shape index (κ2) is 9.92. The van der Waals surface area contributed by atoms with E-state index in [1.54, 1.807) is 0 Å². The Balaban J connectivity index is 2.67. The topological polar surface area (TPSA) is 18.5 Å². The number of hydrogen-bond acceptors (Lipinski definition) is 2. The summed E-state index contributed by atoms with van der Waals surface area (Å²) in [4.78, 5) is 0. The van der Waals surface area contributed by atoms with Crippen LogP contribution in [0.5, 0.6) is 5.75 Å². The summed E-state index contributed by atoms with van der Waals surface area (Å²) in [6.45, 7) is 21.7. The smallest absolute Gasteiger partial charge is 0.309 e. The molecule has 0 fully saturated rings. The molecule has 2 nitrogen and oxygen atoms in total. The molecule has 0 N–H and O–H groups in total. The second-order valence-corrected chi connectivity index (χ2v) is 20.7. The third-order valence-electron chi connectivity index (χ3n) is 5.65. The van der Waals surface area contributed by atoms with Crippen molar-refractivity contribution >= 4 is 29.9 Å². The molecular weight excluding hydrogens is 417 g/mol. The third-order valence-corrected chi connectivity index (χ3v) is 14.6. The highest BCUT2D eigenvalue weighted by molar-refractivity contribution is 6.96. The molecule has 5 heteroatoms. The molecule has 0 spiro atoms. The van der Waals surface area contributed by atoms with Crippen LogP contribution in [0.3, 0.4) is 0 Å². The van der Waals surface area contributed by atoms with E-state index < -0.39 is 24.7 Å². The van der Waals surface area contributed by atoms with Crippen LogP contribution in [0.25, 0.3) is 0 Å². The SMILES string of the molecule is C=C[Si](C)(C)OC(/C(=C/C)[Si](C)(Oc1ccccc1)c1ccccc1)[Si](C)(C)C=C. The molecule has 0 aliphatic heterocycles. The van der Waals surface area contributed by atoms with Gasteiger partial charge in [-0.15, -0.1) is 13.2 Å². The number of rotatable bonds is 10. The fourth-order valence-corrected chi connectivity index (χ4v) is 12.8. The molecule has 0 saturated heterocycles. The summed E-state index contributed by atoms with van der Waals surface area (Å²) >= 11 is 0. The third kappa shape index (κ3) is 5.60. The average Bonchev–Trinajstić information content (AvgIpc) is 2.74. The van der Waals surface area contributed by atoms with Crippen molar-refractivity contribution in [3.8, 4) is 5.75 Å². The lowest BCUT2D eigenvalue weighted by atomic mass is 10.3. The van der Waals surface area contributed by atoms with E-state index in [4.69, 9.17) is 8.85 Å². The van der Waals surface area contributed by atoms with Crippen molar-refractivity contribution in [1.82, 2.24) is 0 Å². The van der Waals surface area contributed by atoms with Gasteiger partial charge in [0.2, 0.25) is 8.32 Å². The normalized spacial score (nSPS) is 15.7. The maximum absolute atomic E-state index is 6.90. The second-order valence-electron chi connectivity index (χ2n) is 8.89. The Morgan fingerprint density at radius 3 is 1.83 bits per heavy atom. The van der Waals surface area contributed by atoms with Gasteiger partial charge in [0, 0.05) is 0 Å². The predicted molar refractivity (Wildman–Crippen MR) is 139 cm³/mol. The summed E-state index contributed by atoms with van der Waals surface area (Å²) in [6, 6.07) is 20.8. The highest BCUT2D eigenvalue weighted by Gasteiger charge is 2.48. The zero-order chi connectivity index (χ0) is 22.4. The number of allylic oxidation sites excluding steroid dienone is 1. The molecule has 0 heterocycles. The van der Waals surface area contributed by atoms with E-state index in [0.29, 0.717) is 0 Å². The summed E-state index contributed by atoms with van der Waals surface area (Å²) in [5, 5.41) is 2.51. The van der Waals surface area contributed by atoms with Gasteiger partial charge in [-0.05, 0) is 49.1 Å². The summed E-state index contributed by atoms with van der Waals surface area (Å²) < 4.78 is 13.8. The van der Waals surface area contributed by atoms with E-state index in [-0.39, 0.29) is 5.73 Å². The zero-order valence-corrected chi connectivity index (χ0v) is 22.3. The van der Waals surface area contributed by atoms with Crippen LogP contribution in [-0.4, -0.2) is 30.4 Å². The van der Waals surface area contributed by atoms with E-state index >= 15 is 0 Å². The minimum Gasteiger partial charge on any atom is -0.535 e. The van der Waals surface area contributed by atoms with Gasteiger partial charge in [0.25, 0.3) is 0 Å². The Hall–Kier alpha value is -1.93. The number of para-hydroxylation sites is 1. The molecule has 2 rings (SSSR count). The molecule has 0 aliphatic rings. The first-order valence-electron chi connectivity index (χ1n) is 10.5. The van der Waals surface area contributed by atoms with Crippen molar-refractivity contribution in [2.45, 2.75) is 45.4 Å². The standard InChI is InChI=1S/C25H36O2Si3/c1-9-24(25(28(4,5)10-2)27-29(6,7)11-3)30(8,23-20-16-13-17-21-23)26-22-18-14-12-15-19-22/h9-21,25H,2-3H2,1,4-8H3/b24-9-. The highest BCUT2D eigenvalue weighted by atomic mass is 28.4. The van der Waals surface area contributed by atoms with Gasteiger partial charge in [0.05, 0.1) is 5.73 Å². The van der Waals surface area contributed by atoms with Gasteiger partial charge in [-0.1, -0.05) is 79.1 Å². The van der Waals surface area contributed by atoms with Crippen LogP contribution in [0.1, 0.15) is 6.92 Å². The Morgan fingerprint density at radius 1 is 0.833 bits per heavy atom. The van der Waals surface area contributed by atoms with Gasteiger partial charge in [-0.2, -0.15) is 0 Å². The van der Waals surface area contributed by atoms with E-state index in [9.17, 15) is 0 Å². The van der Waals surface area contributed by atoms with Crippen LogP contribution >= 0.6 is 0 Å². The molecule has 30 heavy (non-hydrogen) atoms. The minimum absolute atomic E-state index is 0.0137. The van der Waals surface area contributed by atoms with Crippen molar-refractivity contribution in [1.29, 1.82) is 0 Å². The molecular formula is C25H36O2Si3. The van der Waals surface area contributed by atoms with Gasteiger partial charge in [-0.25, -0.2) is 0 Å². The molecule has 0 aromatic heterocycles. The van der Waals surface area contributed by atoms with Crippen molar-refractivity contribution in [3.63, 3.8) is 0 Å². The van der Waals surface area contributed by atoms with Crippen LogP contribution in [0.2, 0.25) is 32.7 Å². The maximum Gasteiger partial charge on any atom is 0.309 e. The number of benzene rings is 2. The first kappa shape index (κ1) is 24.3. The van der Waals surface area contributed by atoms with Crippen molar-refractivity contribution in [2.75, 3.05) is 0 Å². The van der Waals surface area contributed by atoms with Gasteiger partial charge in [0.1, 0.15) is 13.8 Å². The van der Waals surface area contributed by atoms with Gasteiger partial charge < -0.3 is 8.85 Å². The highest BCUT2D eigenvalue weighted by Crippen LogP contribution is 2.32. The summed E-state index contributed by atoms with van der Waals surface area (Å²) in [6.07, 6.45) is 2.23. The minimum atomic E-state index is -2.59. The molecule has 0 radical (unpaired) electrons. The van der Waals surface area contributed by atoms with Gasteiger partial charge in [0.15, 0.2) is 0 Å². The Morgan fingerprint density at radius 2 is 1.37 bits per heavy atom. The van der Waals surface area contributed by atoms with Crippen molar-refractivity contribution in [2.24, 2.45) is 0 Å². The fraction of sp³-hybridized carbons (Fsp3) is 0.280. The van der Waals surface area contributed by atoms with Crippen molar-refractivity contribution < 1.29 is 8.85 Å². The Kier molecular flexibility index (Phi) is 8.05. The molecule has 2 aromatic rings. The predicted octanol–water partition coefficient (Wildman–Crippen LogP) is 6.32. The quantitative estimate of drug-likeness (QED) is 0.393. The van der Waals surface area contributed by atoms with E-state index in [2.05, 4.69) is 94.9 Å². The maximum atomic E-state index is 6.90. The molecule has 0 amide bonds. The Labute approximate surface area is 186 Å². The molecule has 0 saturated carbocycles. The Bertz CT molecular complexity index is 876. The number of hydrogen-bond donors (Lipinski definition) is 0. The molecule has 0 aliphatic carbocycles. The van der Waals surface area contributed by atoms with Gasteiger partial charge >= 0.3 is 8.32 Å². The largest absolute Gasteiger partial charge is 0.535 e. The molecule has 2 aromatic carbocycles. The lowest BCUT2D eigenvalue weighted by Crippen LogP contribution is -2.61. The van der Waals surface area contributed by atoms with Crippen LogP contribution in [0.15, 0.2) is 96.5 Å². The fourth-order valence-electron chi connectivity index (χ4n) is 3.52. The van der Waals surface area contributed by atoms with Gasteiger partial charge in [-0.3, -0.25) is 0 Å². The van der Waals surface area contributed by atoms with E-state index in [1.807, 2.05) is 36.0 Å². The summed E-state index contributed by atoms with van der Waals surface area (Å²) in [5.74, 6) is 0.895. The summed E-state index contributed by atoms with van der Waals surface area (Å²) in [7, 11) is -6.59. The van der Waals surface area contributed by atoms with Crippen LogP contribution in [-0.2, 0) is 4.43 Å². The summed E-state index contributed by atoms with van der Waals surface area (Å²) in [5.41, 5.74) is 4.14. The molecule has 2 unspecified atom stereocenters. The lowest BCUT2D eigenvalue weighted by molar-refractivity contribution is 0.304. The monoisotopic (exact) mass is 452 g/mol. The van der Waals surface area contributed by atoms with Crippen LogP contribution in [0.4, 0.5) is 0 Å². The first-order chi connectivity index (χ1) is 14.1.